The first-order valence-electron chi connectivity index (χ1n) is 5.77. The molecule has 0 aliphatic carbocycles. The van der Waals surface area contributed by atoms with Crippen molar-refractivity contribution in [3.05, 3.63) is 0 Å². The molecule has 0 spiro atoms. The van der Waals surface area contributed by atoms with Crippen LogP contribution in [0.5, 0.6) is 0 Å². The van der Waals surface area contributed by atoms with Gasteiger partial charge in [0.2, 0.25) is 10.0 Å². The van der Waals surface area contributed by atoms with E-state index in [1.54, 1.807) is 0 Å². The van der Waals surface area contributed by atoms with Crippen LogP contribution < -0.4 is 5.32 Å². The Kier molecular flexibility index (Phi) is 4.91. The Morgan fingerprint density at radius 1 is 1.53 bits per heavy atom. The van der Waals surface area contributed by atoms with Crippen molar-refractivity contribution in [1.82, 2.24) is 9.62 Å². The molecule has 0 amide bonds. The van der Waals surface area contributed by atoms with Crippen LogP contribution in [0, 0.1) is 5.92 Å². The van der Waals surface area contributed by atoms with Gasteiger partial charge in [0, 0.05) is 19.6 Å². The molecule has 0 aromatic carbocycles. The minimum Gasteiger partial charge on any atom is -0.480 e. The average molecular weight is 264 g/mol. The maximum Gasteiger partial charge on any atom is 0.323 e. The number of nitrogens with zero attached hydrogens (tertiary/aromatic N) is 1. The molecule has 100 valence electrons. The van der Waals surface area contributed by atoms with Crippen molar-refractivity contribution < 1.29 is 18.3 Å². The van der Waals surface area contributed by atoms with Crippen LogP contribution in [-0.2, 0) is 14.8 Å². The van der Waals surface area contributed by atoms with Gasteiger partial charge in [0.25, 0.3) is 0 Å². The zero-order chi connectivity index (χ0) is 13.1. The minimum atomic E-state index is -3.46. The SMILES string of the molecule is CC(C)CCS(=O)(=O)N1CCNCC1C(=O)O. The molecule has 2 N–H and O–H groups in total. The Balaban J connectivity index is 2.76. The Morgan fingerprint density at radius 2 is 2.18 bits per heavy atom. The van der Waals surface area contributed by atoms with Gasteiger partial charge in [0.15, 0.2) is 0 Å². The van der Waals surface area contributed by atoms with Crippen molar-refractivity contribution in [3.63, 3.8) is 0 Å². The fourth-order valence-electron chi connectivity index (χ4n) is 1.73. The number of carboxylic acids is 1. The number of carboxylic acid groups (broad SMARTS) is 1. The topological polar surface area (TPSA) is 86.7 Å². The summed E-state index contributed by atoms with van der Waals surface area (Å²) in [6, 6.07) is -0.971. The van der Waals surface area contributed by atoms with Gasteiger partial charge in [-0.15, -0.1) is 0 Å². The molecular formula is C10H20N2O4S. The number of hydrogen-bond donors (Lipinski definition) is 2. The van der Waals surface area contributed by atoms with Gasteiger partial charge in [-0.25, -0.2) is 8.42 Å². The largest absolute Gasteiger partial charge is 0.480 e. The Morgan fingerprint density at radius 3 is 2.71 bits per heavy atom. The monoisotopic (exact) mass is 264 g/mol. The van der Waals surface area contributed by atoms with Crippen LogP contribution >= 0.6 is 0 Å². The van der Waals surface area contributed by atoms with Crippen LogP contribution in [0.15, 0.2) is 0 Å². The van der Waals surface area contributed by atoms with Crippen LogP contribution in [0.3, 0.4) is 0 Å². The van der Waals surface area contributed by atoms with Crippen molar-refractivity contribution in [3.8, 4) is 0 Å². The summed E-state index contributed by atoms with van der Waals surface area (Å²) in [7, 11) is -3.46. The standard InChI is InChI=1S/C10H20N2O4S/c1-8(2)3-6-17(15,16)12-5-4-11-7-9(12)10(13)14/h8-9,11H,3-7H2,1-2H3,(H,13,14). The van der Waals surface area contributed by atoms with Crippen molar-refractivity contribution in [2.24, 2.45) is 5.92 Å². The van der Waals surface area contributed by atoms with E-state index in [0.717, 1.165) is 4.31 Å². The molecule has 6 nitrogen and oxygen atoms in total. The first kappa shape index (κ1) is 14.4. The van der Waals surface area contributed by atoms with Gasteiger partial charge in [-0.2, -0.15) is 4.31 Å². The van der Waals surface area contributed by atoms with E-state index in [0.29, 0.717) is 13.0 Å². The molecule has 1 aliphatic rings. The third-order valence-corrected chi connectivity index (χ3v) is 4.69. The number of hydrogen-bond acceptors (Lipinski definition) is 4. The second-order valence-corrected chi connectivity index (χ2v) is 6.71. The van der Waals surface area contributed by atoms with Gasteiger partial charge in [-0.05, 0) is 12.3 Å². The van der Waals surface area contributed by atoms with Gasteiger partial charge in [0.1, 0.15) is 6.04 Å². The highest BCUT2D eigenvalue weighted by Crippen LogP contribution is 2.13. The molecule has 1 unspecified atom stereocenters. The molecule has 0 saturated carbocycles. The molecule has 0 aromatic rings. The predicted octanol–water partition coefficient (Wildman–Crippen LogP) is -0.279. The van der Waals surface area contributed by atoms with E-state index >= 15 is 0 Å². The summed E-state index contributed by atoms with van der Waals surface area (Å²) in [5, 5.41) is 11.9. The number of piperazine rings is 1. The van der Waals surface area contributed by atoms with E-state index in [1.807, 2.05) is 13.8 Å². The van der Waals surface area contributed by atoms with E-state index in [2.05, 4.69) is 5.32 Å². The Hall–Kier alpha value is -0.660. The molecule has 1 atom stereocenters. The molecular weight excluding hydrogens is 244 g/mol. The number of carbonyl (C=O) groups is 1. The van der Waals surface area contributed by atoms with E-state index in [1.165, 1.54) is 0 Å². The second kappa shape index (κ2) is 5.79. The van der Waals surface area contributed by atoms with Gasteiger partial charge in [-0.3, -0.25) is 4.79 Å². The predicted molar refractivity (Wildman–Crippen MR) is 64.2 cm³/mol. The number of sulfonamides is 1. The average Bonchev–Trinajstić information content (AvgIpc) is 2.26. The maximum atomic E-state index is 12.0. The summed E-state index contributed by atoms with van der Waals surface area (Å²) in [4.78, 5) is 11.0. The highest BCUT2D eigenvalue weighted by atomic mass is 32.2. The van der Waals surface area contributed by atoms with E-state index in [4.69, 9.17) is 5.11 Å². The zero-order valence-corrected chi connectivity index (χ0v) is 11.0. The van der Waals surface area contributed by atoms with Crippen molar-refractivity contribution in [2.45, 2.75) is 26.3 Å². The van der Waals surface area contributed by atoms with Crippen LogP contribution in [-0.4, -0.2) is 55.2 Å². The van der Waals surface area contributed by atoms with E-state index in [-0.39, 0.29) is 24.8 Å². The zero-order valence-electron chi connectivity index (χ0n) is 10.2. The van der Waals surface area contributed by atoms with Crippen LogP contribution in [0.2, 0.25) is 0 Å². The van der Waals surface area contributed by atoms with Crippen molar-refractivity contribution >= 4 is 16.0 Å². The van der Waals surface area contributed by atoms with Crippen molar-refractivity contribution in [1.29, 1.82) is 0 Å². The second-order valence-electron chi connectivity index (χ2n) is 4.67. The van der Waals surface area contributed by atoms with Gasteiger partial charge < -0.3 is 10.4 Å². The third-order valence-electron chi connectivity index (χ3n) is 2.79. The lowest BCUT2D eigenvalue weighted by atomic mass is 10.2. The van der Waals surface area contributed by atoms with E-state index in [9.17, 15) is 13.2 Å². The van der Waals surface area contributed by atoms with Gasteiger partial charge in [0.05, 0.1) is 5.75 Å². The molecule has 0 aromatic heterocycles. The molecule has 1 aliphatic heterocycles. The fourth-order valence-corrected chi connectivity index (χ4v) is 3.66. The first-order chi connectivity index (χ1) is 7.84. The smallest absolute Gasteiger partial charge is 0.323 e. The van der Waals surface area contributed by atoms with Crippen LogP contribution in [0.4, 0.5) is 0 Å². The highest BCUT2D eigenvalue weighted by molar-refractivity contribution is 7.89. The molecule has 1 rings (SSSR count). The van der Waals surface area contributed by atoms with E-state index < -0.39 is 22.0 Å². The van der Waals surface area contributed by atoms with Gasteiger partial charge in [-0.1, -0.05) is 13.8 Å². The highest BCUT2D eigenvalue weighted by Gasteiger charge is 2.36. The maximum absolute atomic E-state index is 12.0. The molecule has 17 heavy (non-hydrogen) atoms. The number of rotatable bonds is 5. The molecule has 1 heterocycles. The summed E-state index contributed by atoms with van der Waals surface area (Å²) >= 11 is 0. The molecule has 0 bridgehead atoms. The Labute approximate surface area is 102 Å². The normalized spacial score (nSPS) is 22.9. The van der Waals surface area contributed by atoms with Crippen LogP contribution in [0.25, 0.3) is 0 Å². The summed E-state index contributed by atoms with van der Waals surface area (Å²) in [6.07, 6.45) is 0.554. The fraction of sp³-hybridized carbons (Fsp3) is 0.900. The molecule has 0 radical (unpaired) electrons. The van der Waals surface area contributed by atoms with Crippen LogP contribution in [0.1, 0.15) is 20.3 Å². The molecule has 7 heteroatoms. The number of nitrogens with one attached hydrogen (secondary N) is 1. The molecule has 1 saturated heterocycles. The summed E-state index contributed by atoms with van der Waals surface area (Å²) in [6.45, 7) is 4.81. The lowest BCUT2D eigenvalue weighted by Crippen LogP contribution is -2.57. The molecule has 1 fully saturated rings. The summed E-state index contributed by atoms with van der Waals surface area (Å²) < 4.78 is 25.2. The summed E-state index contributed by atoms with van der Waals surface area (Å²) in [5.41, 5.74) is 0. The van der Waals surface area contributed by atoms with Crippen molar-refractivity contribution in [2.75, 3.05) is 25.4 Å². The first-order valence-corrected chi connectivity index (χ1v) is 7.38. The third kappa shape index (κ3) is 3.93. The Bertz CT molecular complexity index is 367. The minimum absolute atomic E-state index is 0.0223. The lowest BCUT2D eigenvalue weighted by molar-refractivity contribution is -0.141. The van der Waals surface area contributed by atoms with Gasteiger partial charge >= 0.3 is 5.97 Å². The lowest BCUT2D eigenvalue weighted by Gasteiger charge is -2.32. The summed E-state index contributed by atoms with van der Waals surface area (Å²) in [5.74, 6) is -0.782. The number of aliphatic carboxylic acids is 1. The quantitative estimate of drug-likeness (QED) is 0.713.